The molecular formula is C20H17BrO2. The molecule has 2 aromatic carbocycles. The van der Waals surface area contributed by atoms with Gasteiger partial charge in [0.1, 0.15) is 5.75 Å². The molecule has 0 radical (unpaired) electrons. The number of halogens is 1. The van der Waals surface area contributed by atoms with E-state index in [1.165, 1.54) is 11.1 Å². The van der Waals surface area contributed by atoms with Gasteiger partial charge in [-0.1, -0.05) is 34.1 Å². The van der Waals surface area contributed by atoms with Crippen LogP contribution in [0.3, 0.4) is 0 Å². The molecule has 4 rings (SSSR count). The van der Waals surface area contributed by atoms with Crippen LogP contribution in [0.4, 0.5) is 0 Å². The van der Waals surface area contributed by atoms with Gasteiger partial charge in [-0.3, -0.25) is 4.79 Å². The summed E-state index contributed by atoms with van der Waals surface area (Å²) >= 11 is 3.51. The first-order valence-corrected chi connectivity index (χ1v) is 8.76. The number of ketones is 1. The number of ether oxygens (including phenoxy) is 1. The number of Topliss-reactive ketones (excluding diaryl/α,β-unsaturated/α-hetero) is 1. The summed E-state index contributed by atoms with van der Waals surface area (Å²) in [6, 6.07) is 14.1. The molecule has 1 heterocycles. The van der Waals surface area contributed by atoms with Gasteiger partial charge in [-0.05, 0) is 59.9 Å². The molecule has 2 nitrogen and oxygen atoms in total. The molecule has 116 valence electrons. The fraction of sp³-hybridized carbons (Fsp3) is 0.250. The quantitative estimate of drug-likeness (QED) is 0.707. The van der Waals surface area contributed by atoms with E-state index in [1.807, 2.05) is 30.3 Å². The zero-order chi connectivity index (χ0) is 15.8. The second-order valence-corrected chi connectivity index (χ2v) is 7.05. The minimum Gasteiger partial charge on any atom is -0.493 e. The predicted molar refractivity (Wildman–Crippen MR) is 94.8 cm³/mol. The summed E-state index contributed by atoms with van der Waals surface area (Å²) in [5.41, 5.74) is 4.45. The van der Waals surface area contributed by atoms with Crippen molar-refractivity contribution in [2.75, 3.05) is 6.61 Å². The molecule has 1 aliphatic carbocycles. The Labute approximate surface area is 144 Å². The van der Waals surface area contributed by atoms with E-state index < -0.39 is 0 Å². The Morgan fingerprint density at radius 2 is 2.04 bits per heavy atom. The Morgan fingerprint density at radius 1 is 1.13 bits per heavy atom. The Morgan fingerprint density at radius 3 is 2.91 bits per heavy atom. The number of fused-ring (bicyclic) bond motifs is 1. The lowest BCUT2D eigenvalue weighted by molar-refractivity contribution is 0.0944. The molecule has 1 unspecified atom stereocenters. The maximum atomic E-state index is 12.8. The fourth-order valence-electron chi connectivity index (χ4n) is 3.41. The standard InChI is InChI=1S/C20H17BrO2/c21-18-3-1-2-13(12-18)14-4-5-16(10-14)20(22)17-6-7-19-15(11-17)8-9-23-19/h1-3,6-7,10-12,16H,4-5,8-9H2. The maximum Gasteiger partial charge on any atom is 0.169 e. The number of rotatable bonds is 3. The average molecular weight is 369 g/mol. The summed E-state index contributed by atoms with van der Waals surface area (Å²) in [4.78, 5) is 12.8. The molecule has 0 saturated carbocycles. The normalized spacial score (nSPS) is 19.2. The summed E-state index contributed by atoms with van der Waals surface area (Å²) in [5, 5.41) is 0. The first kappa shape index (κ1) is 14.7. The molecule has 0 spiro atoms. The fourth-order valence-corrected chi connectivity index (χ4v) is 3.81. The van der Waals surface area contributed by atoms with Crippen LogP contribution >= 0.6 is 15.9 Å². The molecule has 0 saturated heterocycles. The van der Waals surface area contributed by atoms with Crippen molar-refractivity contribution in [3.05, 3.63) is 69.7 Å². The van der Waals surface area contributed by atoms with E-state index in [-0.39, 0.29) is 11.7 Å². The number of benzene rings is 2. The summed E-state index contributed by atoms with van der Waals surface area (Å²) < 4.78 is 6.59. The van der Waals surface area contributed by atoms with Crippen molar-refractivity contribution < 1.29 is 9.53 Å². The lowest BCUT2D eigenvalue weighted by atomic mass is 9.95. The highest BCUT2D eigenvalue weighted by Gasteiger charge is 2.25. The topological polar surface area (TPSA) is 26.3 Å². The second kappa shape index (κ2) is 5.97. The first-order chi connectivity index (χ1) is 11.2. The van der Waals surface area contributed by atoms with Crippen LogP contribution in [0.15, 0.2) is 53.0 Å². The van der Waals surface area contributed by atoms with Gasteiger partial charge in [-0.15, -0.1) is 0 Å². The van der Waals surface area contributed by atoms with Crippen molar-refractivity contribution >= 4 is 27.3 Å². The lowest BCUT2D eigenvalue weighted by Crippen LogP contribution is -2.10. The Balaban J connectivity index is 1.58. The third-order valence-electron chi connectivity index (χ3n) is 4.63. The number of allylic oxidation sites excluding steroid dienone is 2. The van der Waals surface area contributed by atoms with Crippen molar-refractivity contribution in [1.82, 2.24) is 0 Å². The smallest absolute Gasteiger partial charge is 0.169 e. The molecule has 0 aromatic heterocycles. The Kier molecular flexibility index (Phi) is 3.82. The summed E-state index contributed by atoms with van der Waals surface area (Å²) in [7, 11) is 0. The van der Waals surface area contributed by atoms with E-state index >= 15 is 0 Å². The van der Waals surface area contributed by atoms with Gasteiger partial charge < -0.3 is 4.74 Å². The minimum atomic E-state index is -0.00986. The van der Waals surface area contributed by atoms with Crippen molar-refractivity contribution in [2.45, 2.75) is 19.3 Å². The van der Waals surface area contributed by atoms with Gasteiger partial charge in [0.05, 0.1) is 6.61 Å². The van der Waals surface area contributed by atoms with Crippen LogP contribution in [0, 0.1) is 5.92 Å². The lowest BCUT2D eigenvalue weighted by Gasteiger charge is -2.07. The predicted octanol–water partition coefficient (Wildman–Crippen LogP) is 5.06. The summed E-state index contributed by atoms with van der Waals surface area (Å²) in [6.45, 7) is 0.726. The van der Waals surface area contributed by atoms with Crippen molar-refractivity contribution in [2.24, 2.45) is 5.92 Å². The van der Waals surface area contributed by atoms with E-state index in [2.05, 4.69) is 34.1 Å². The largest absolute Gasteiger partial charge is 0.493 e. The number of carbonyl (C=O) groups is 1. The van der Waals surface area contributed by atoms with E-state index in [9.17, 15) is 4.79 Å². The monoisotopic (exact) mass is 368 g/mol. The second-order valence-electron chi connectivity index (χ2n) is 6.13. The number of hydrogen-bond acceptors (Lipinski definition) is 2. The Hall–Kier alpha value is -1.87. The van der Waals surface area contributed by atoms with E-state index in [1.54, 1.807) is 0 Å². The molecule has 2 aliphatic rings. The zero-order valence-corrected chi connectivity index (χ0v) is 14.3. The van der Waals surface area contributed by atoms with Gasteiger partial charge in [0, 0.05) is 22.4 Å². The SMILES string of the molecule is O=C(c1ccc2c(c1)CCO2)C1C=C(c2cccc(Br)c2)CC1. The van der Waals surface area contributed by atoms with Crippen LogP contribution in [0.5, 0.6) is 5.75 Å². The average Bonchev–Trinajstić information content (AvgIpc) is 3.22. The molecule has 0 amide bonds. The highest BCUT2D eigenvalue weighted by molar-refractivity contribution is 9.10. The van der Waals surface area contributed by atoms with Gasteiger partial charge in [-0.2, -0.15) is 0 Å². The minimum absolute atomic E-state index is 0.00986. The van der Waals surface area contributed by atoms with E-state index in [4.69, 9.17) is 4.74 Å². The highest BCUT2D eigenvalue weighted by atomic mass is 79.9. The third kappa shape index (κ3) is 2.86. The number of hydrogen-bond donors (Lipinski definition) is 0. The molecular weight excluding hydrogens is 352 g/mol. The molecule has 0 N–H and O–H groups in total. The molecule has 1 aliphatic heterocycles. The van der Waals surface area contributed by atoms with Gasteiger partial charge in [0.2, 0.25) is 0 Å². The van der Waals surface area contributed by atoms with Crippen LogP contribution in [0.25, 0.3) is 5.57 Å². The maximum absolute atomic E-state index is 12.8. The highest BCUT2D eigenvalue weighted by Crippen LogP contribution is 2.35. The molecule has 2 aromatic rings. The van der Waals surface area contributed by atoms with Crippen LogP contribution in [0.2, 0.25) is 0 Å². The van der Waals surface area contributed by atoms with Crippen molar-refractivity contribution in [3.8, 4) is 5.75 Å². The summed E-state index contributed by atoms with van der Waals surface area (Å²) in [6.07, 6.45) is 4.91. The van der Waals surface area contributed by atoms with E-state index in [0.29, 0.717) is 0 Å². The zero-order valence-electron chi connectivity index (χ0n) is 12.7. The molecule has 1 atom stereocenters. The van der Waals surface area contributed by atoms with Crippen LogP contribution in [0.1, 0.15) is 34.3 Å². The van der Waals surface area contributed by atoms with Crippen LogP contribution < -0.4 is 4.74 Å². The van der Waals surface area contributed by atoms with Crippen LogP contribution in [-0.4, -0.2) is 12.4 Å². The number of carbonyl (C=O) groups excluding carboxylic acids is 1. The van der Waals surface area contributed by atoms with Crippen molar-refractivity contribution in [1.29, 1.82) is 0 Å². The van der Waals surface area contributed by atoms with Gasteiger partial charge in [0.15, 0.2) is 5.78 Å². The molecule has 0 bridgehead atoms. The first-order valence-electron chi connectivity index (χ1n) is 7.97. The molecule has 3 heteroatoms. The van der Waals surface area contributed by atoms with Gasteiger partial charge in [0.25, 0.3) is 0 Å². The Bertz CT molecular complexity index is 807. The van der Waals surface area contributed by atoms with E-state index in [0.717, 1.165) is 47.2 Å². The van der Waals surface area contributed by atoms with Gasteiger partial charge >= 0.3 is 0 Å². The third-order valence-corrected chi connectivity index (χ3v) is 5.13. The molecule has 0 fully saturated rings. The molecule has 23 heavy (non-hydrogen) atoms. The van der Waals surface area contributed by atoms with Crippen LogP contribution in [-0.2, 0) is 6.42 Å². The summed E-state index contributed by atoms with van der Waals surface area (Å²) in [5.74, 6) is 1.15. The van der Waals surface area contributed by atoms with Gasteiger partial charge in [-0.25, -0.2) is 0 Å². The van der Waals surface area contributed by atoms with Crippen molar-refractivity contribution in [3.63, 3.8) is 0 Å².